The summed E-state index contributed by atoms with van der Waals surface area (Å²) < 4.78 is 11.4. The van der Waals surface area contributed by atoms with Crippen LogP contribution in [0.2, 0.25) is 0 Å². The zero-order chi connectivity index (χ0) is 25.9. The van der Waals surface area contributed by atoms with E-state index in [1.165, 1.54) is 18.4 Å². The largest absolute Gasteiger partial charge is 0.493 e. The molecule has 1 saturated carbocycles. The number of nitriles is 1. The molecule has 1 atom stereocenters. The van der Waals surface area contributed by atoms with E-state index >= 15 is 0 Å². The lowest BCUT2D eigenvalue weighted by Crippen LogP contribution is -2.12. The van der Waals surface area contributed by atoms with Crippen molar-refractivity contribution in [3.8, 4) is 23.4 Å². The van der Waals surface area contributed by atoms with Gasteiger partial charge in [0.1, 0.15) is 10.3 Å². The van der Waals surface area contributed by atoms with E-state index in [-0.39, 0.29) is 23.7 Å². The van der Waals surface area contributed by atoms with Gasteiger partial charge in [-0.05, 0) is 55.7 Å². The third kappa shape index (κ3) is 5.52. The molecule has 0 saturated heterocycles. The van der Waals surface area contributed by atoms with Gasteiger partial charge in [-0.25, -0.2) is 9.97 Å². The molecule has 2 aromatic heterocycles. The molecule has 1 fully saturated rings. The van der Waals surface area contributed by atoms with Gasteiger partial charge in [-0.3, -0.25) is 9.59 Å². The molecule has 0 aliphatic heterocycles. The number of fused-ring (bicyclic) bond motifs is 1. The van der Waals surface area contributed by atoms with Crippen LogP contribution in [-0.4, -0.2) is 28.9 Å². The summed E-state index contributed by atoms with van der Waals surface area (Å²) in [7, 11) is 1.52. The zero-order valence-electron chi connectivity index (χ0n) is 20.1. The van der Waals surface area contributed by atoms with Gasteiger partial charge in [0.05, 0.1) is 19.1 Å². The van der Waals surface area contributed by atoms with Crippen molar-refractivity contribution in [1.82, 2.24) is 9.97 Å². The molecule has 186 valence electrons. The van der Waals surface area contributed by atoms with Gasteiger partial charge >= 0.3 is 0 Å². The highest BCUT2D eigenvalue weighted by Crippen LogP contribution is 2.36. The summed E-state index contributed by atoms with van der Waals surface area (Å²) in [5, 5.41) is 15.4. The molecule has 1 unspecified atom stereocenters. The Labute approximate surface area is 217 Å². The average molecular weight is 514 g/mol. The molecular weight excluding hydrogens is 490 g/mol. The van der Waals surface area contributed by atoms with E-state index in [9.17, 15) is 9.59 Å². The Morgan fingerprint density at radius 3 is 2.68 bits per heavy atom. The van der Waals surface area contributed by atoms with Crippen LogP contribution in [0.3, 0.4) is 0 Å². The van der Waals surface area contributed by atoms with E-state index < -0.39 is 0 Å². The number of methoxy groups -OCH3 is 1. The van der Waals surface area contributed by atoms with Gasteiger partial charge in [0.25, 0.3) is 5.91 Å². The Kier molecular flexibility index (Phi) is 6.70. The van der Waals surface area contributed by atoms with E-state index in [0.717, 1.165) is 18.4 Å². The van der Waals surface area contributed by atoms with Crippen LogP contribution in [0.1, 0.15) is 41.6 Å². The molecule has 1 aliphatic carbocycles. The first-order valence-electron chi connectivity index (χ1n) is 11.7. The number of hydrogen-bond acceptors (Lipinski definition) is 8. The van der Waals surface area contributed by atoms with Gasteiger partial charge in [-0.2, -0.15) is 5.26 Å². The van der Waals surface area contributed by atoms with Crippen molar-refractivity contribution in [2.24, 2.45) is 5.92 Å². The number of carbonyl (C=O) groups is 2. The maximum absolute atomic E-state index is 12.9. The van der Waals surface area contributed by atoms with Crippen LogP contribution in [0.4, 0.5) is 10.8 Å². The number of carbonyl (C=O) groups excluding carboxylic acids is 2. The van der Waals surface area contributed by atoms with Crippen molar-refractivity contribution in [2.75, 3.05) is 17.7 Å². The van der Waals surface area contributed by atoms with Gasteiger partial charge in [0.2, 0.25) is 11.8 Å². The Hall–Kier alpha value is -4.49. The fourth-order valence-corrected chi connectivity index (χ4v) is 4.47. The van der Waals surface area contributed by atoms with Crippen molar-refractivity contribution >= 4 is 44.3 Å². The summed E-state index contributed by atoms with van der Waals surface area (Å²) in [4.78, 5) is 34.5. The van der Waals surface area contributed by atoms with Crippen molar-refractivity contribution in [3.63, 3.8) is 0 Å². The van der Waals surface area contributed by atoms with Gasteiger partial charge in [0.15, 0.2) is 16.6 Å². The van der Waals surface area contributed by atoms with Crippen LogP contribution >= 0.6 is 11.3 Å². The number of ether oxygens (including phenoxy) is 2. The number of amides is 2. The summed E-state index contributed by atoms with van der Waals surface area (Å²) in [6.07, 6.45) is 1.84. The molecule has 37 heavy (non-hydrogen) atoms. The van der Waals surface area contributed by atoms with Crippen LogP contribution in [-0.2, 0) is 4.79 Å². The Morgan fingerprint density at radius 1 is 1.08 bits per heavy atom. The summed E-state index contributed by atoms with van der Waals surface area (Å²) in [6, 6.07) is 17.7. The van der Waals surface area contributed by atoms with E-state index in [1.54, 1.807) is 55.5 Å². The van der Waals surface area contributed by atoms with E-state index in [0.29, 0.717) is 44.1 Å². The molecule has 2 aromatic carbocycles. The topological polar surface area (TPSA) is 126 Å². The standard InChI is InChI=1S/C27H23N5O4S/c1-15(14-28)17-4-3-5-18(12-17)25(34)29-19-8-10-21(35-2)22(13-19)36-23-11-9-20-26(31-23)37-27(30-20)32-24(33)16-6-7-16/h3-5,8-13,15-16H,6-7H2,1-2H3,(H,29,34)(H,30,32,33). The van der Waals surface area contributed by atoms with Gasteiger partial charge in [-0.1, -0.05) is 23.5 Å². The van der Waals surface area contributed by atoms with Crippen LogP contribution in [0, 0.1) is 17.2 Å². The molecule has 9 nitrogen and oxygen atoms in total. The maximum atomic E-state index is 12.9. The van der Waals surface area contributed by atoms with Crippen LogP contribution in [0.5, 0.6) is 17.4 Å². The smallest absolute Gasteiger partial charge is 0.255 e. The molecule has 4 aromatic rings. The summed E-state index contributed by atoms with van der Waals surface area (Å²) >= 11 is 1.28. The van der Waals surface area contributed by atoms with Crippen LogP contribution in [0.15, 0.2) is 54.6 Å². The number of pyridine rings is 1. The monoisotopic (exact) mass is 513 g/mol. The van der Waals surface area contributed by atoms with Crippen LogP contribution in [0.25, 0.3) is 10.3 Å². The molecule has 0 bridgehead atoms. The highest BCUT2D eigenvalue weighted by Gasteiger charge is 2.30. The second-order valence-corrected chi connectivity index (χ2v) is 9.63. The summed E-state index contributed by atoms with van der Waals surface area (Å²) in [5.41, 5.74) is 2.38. The molecule has 0 spiro atoms. The fraction of sp³-hybridized carbons (Fsp3) is 0.222. The van der Waals surface area contributed by atoms with Gasteiger partial charge in [-0.15, -0.1) is 0 Å². The number of anilines is 2. The maximum Gasteiger partial charge on any atom is 0.255 e. The predicted molar refractivity (Wildman–Crippen MR) is 140 cm³/mol. The summed E-state index contributed by atoms with van der Waals surface area (Å²) in [5.74, 6) is 0.596. The number of aromatic nitrogens is 2. The minimum atomic E-state index is -0.317. The molecular formula is C27H23N5O4S. The SMILES string of the molecule is COc1ccc(NC(=O)c2cccc(C(C)C#N)c2)cc1Oc1ccc2nc(NC(=O)C3CC3)sc2n1. The summed E-state index contributed by atoms with van der Waals surface area (Å²) in [6.45, 7) is 1.78. The lowest BCUT2D eigenvalue weighted by molar-refractivity contribution is -0.117. The number of hydrogen-bond donors (Lipinski definition) is 2. The zero-order valence-corrected chi connectivity index (χ0v) is 21.0. The highest BCUT2D eigenvalue weighted by molar-refractivity contribution is 7.21. The quantitative estimate of drug-likeness (QED) is 0.308. The Balaban J connectivity index is 1.34. The molecule has 2 amide bonds. The van der Waals surface area contributed by atoms with Crippen LogP contribution < -0.4 is 20.1 Å². The number of nitrogens with zero attached hydrogens (tertiary/aromatic N) is 3. The number of thiazole rings is 1. The first kappa shape index (κ1) is 24.2. The Bertz CT molecular complexity index is 1540. The fourth-order valence-electron chi connectivity index (χ4n) is 3.64. The van der Waals surface area contributed by atoms with Gasteiger partial charge in [0, 0.05) is 29.3 Å². The first-order chi connectivity index (χ1) is 17.9. The molecule has 2 N–H and O–H groups in total. The minimum absolute atomic E-state index is 0.00886. The van der Waals surface area contributed by atoms with E-state index in [1.807, 2.05) is 6.07 Å². The third-order valence-corrected chi connectivity index (χ3v) is 6.77. The van der Waals surface area contributed by atoms with E-state index in [4.69, 9.17) is 14.7 Å². The van der Waals surface area contributed by atoms with Crippen molar-refractivity contribution in [1.29, 1.82) is 5.26 Å². The number of rotatable bonds is 8. The number of benzene rings is 2. The van der Waals surface area contributed by atoms with E-state index in [2.05, 4.69) is 26.7 Å². The molecule has 1 aliphatic rings. The molecule has 0 radical (unpaired) electrons. The molecule has 5 rings (SSSR count). The van der Waals surface area contributed by atoms with Crippen molar-refractivity contribution < 1.29 is 19.1 Å². The molecule has 2 heterocycles. The second-order valence-electron chi connectivity index (χ2n) is 8.65. The second kappa shape index (κ2) is 10.2. The lowest BCUT2D eigenvalue weighted by Gasteiger charge is -2.13. The van der Waals surface area contributed by atoms with Crippen molar-refractivity contribution in [2.45, 2.75) is 25.7 Å². The average Bonchev–Trinajstić information content (AvgIpc) is 3.69. The normalized spacial score (nSPS) is 13.4. The third-order valence-electron chi connectivity index (χ3n) is 5.89. The highest BCUT2D eigenvalue weighted by atomic mass is 32.1. The van der Waals surface area contributed by atoms with Crippen molar-refractivity contribution in [3.05, 3.63) is 65.7 Å². The molecule has 10 heteroatoms. The first-order valence-corrected chi connectivity index (χ1v) is 12.5. The lowest BCUT2D eigenvalue weighted by atomic mass is 10.0. The predicted octanol–water partition coefficient (Wildman–Crippen LogP) is 5.72. The van der Waals surface area contributed by atoms with Gasteiger partial charge < -0.3 is 20.1 Å². The number of nitrogens with one attached hydrogen (secondary N) is 2. The minimum Gasteiger partial charge on any atom is -0.493 e. The Morgan fingerprint density at radius 2 is 1.92 bits per heavy atom.